The first-order valence-corrected chi connectivity index (χ1v) is 5.28. The van der Waals surface area contributed by atoms with Crippen molar-refractivity contribution in [1.82, 2.24) is 0 Å². The maximum Gasteiger partial charge on any atom is 0.152 e. The quantitative estimate of drug-likeness (QED) is 0.644. The Morgan fingerprint density at radius 1 is 1.29 bits per heavy atom. The zero-order valence-corrected chi connectivity index (χ0v) is 8.95. The molecule has 0 aliphatic heterocycles. The molecule has 0 amide bonds. The number of hydrogen-bond acceptors (Lipinski definition) is 2. The van der Waals surface area contributed by atoms with Crippen LogP contribution in [0.4, 0.5) is 0 Å². The standard InChI is InChI=1S/C12H18O2/c1-9(13)6-7-11-4-3-5-12(11)8-10(2)14/h6-7,11-12H,3-5,8H2,1-2H3/b7-6+/t11-,12-/m1/s1. The van der Waals surface area contributed by atoms with E-state index in [0.29, 0.717) is 18.3 Å². The van der Waals surface area contributed by atoms with Crippen molar-refractivity contribution >= 4 is 11.6 Å². The molecule has 78 valence electrons. The molecule has 1 aliphatic rings. The fraction of sp³-hybridized carbons (Fsp3) is 0.667. The van der Waals surface area contributed by atoms with Crippen molar-refractivity contribution in [3.8, 4) is 0 Å². The van der Waals surface area contributed by atoms with Crippen LogP contribution in [-0.2, 0) is 9.59 Å². The van der Waals surface area contributed by atoms with Gasteiger partial charge in [-0.05, 0) is 44.6 Å². The van der Waals surface area contributed by atoms with Gasteiger partial charge in [-0.25, -0.2) is 0 Å². The third-order valence-corrected chi connectivity index (χ3v) is 2.85. The first-order chi connectivity index (χ1) is 6.59. The predicted octanol–water partition coefficient (Wildman–Crippen LogP) is 2.53. The fourth-order valence-corrected chi connectivity index (χ4v) is 2.20. The summed E-state index contributed by atoms with van der Waals surface area (Å²) in [5, 5.41) is 0. The lowest BCUT2D eigenvalue weighted by Gasteiger charge is -2.13. The summed E-state index contributed by atoms with van der Waals surface area (Å²) in [6, 6.07) is 0. The van der Waals surface area contributed by atoms with Gasteiger partial charge in [-0.1, -0.05) is 12.5 Å². The molecule has 0 aromatic rings. The van der Waals surface area contributed by atoms with Crippen LogP contribution < -0.4 is 0 Å². The van der Waals surface area contributed by atoms with E-state index in [1.807, 2.05) is 6.08 Å². The summed E-state index contributed by atoms with van der Waals surface area (Å²) in [4.78, 5) is 21.8. The summed E-state index contributed by atoms with van der Waals surface area (Å²) in [6.45, 7) is 3.20. The normalized spacial score (nSPS) is 27.0. The van der Waals surface area contributed by atoms with Crippen molar-refractivity contribution in [3.05, 3.63) is 12.2 Å². The zero-order valence-electron chi connectivity index (χ0n) is 8.95. The van der Waals surface area contributed by atoms with Crippen molar-refractivity contribution in [2.45, 2.75) is 39.5 Å². The molecule has 0 spiro atoms. The summed E-state index contributed by atoms with van der Waals surface area (Å²) in [6.07, 6.45) is 7.75. The van der Waals surface area contributed by atoms with Gasteiger partial charge in [0, 0.05) is 6.42 Å². The molecule has 0 unspecified atom stereocenters. The first-order valence-electron chi connectivity index (χ1n) is 5.28. The molecular weight excluding hydrogens is 176 g/mol. The summed E-state index contributed by atoms with van der Waals surface area (Å²) < 4.78 is 0. The molecule has 1 rings (SSSR count). The molecule has 14 heavy (non-hydrogen) atoms. The van der Waals surface area contributed by atoms with E-state index in [2.05, 4.69) is 0 Å². The van der Waals surface area contributed by atoms with Gasteiger partial charge in [0.05, 0.1) is 0 Å². The molecule has 0 heterocycles. The third-order valence-electron chi connectivity index (χ3n) is 2.85. The molecule has 1 aliphatic carbocycles. The van der Waals surface area contributed by atoms with E-state index in [9.17, 15) is 9.59 Å². The number of Topliss-reactive ketones (excluding diaryl/α,β-unsaturated/α-hetero) is 1. The first kappa shape index (κ1) is 11.2. The number of rotatable bonds is 4. The molecule has 2 nitrogen and oxygen atoms in total. The van der Waals surface area contributed by atoms with E-state index in [1.165, 1.54) is 6.42 Å². The van der Waals surface area contributed by atoms with Crippen LogP contribution in [-0.4, -0.2) is 11.6 Å². The lowest BCUT2D eigenvalue weighted by molar-refractivity contribution is -0.118. The lowest BCUT2D eigenvalue weighted by atomic mass is 9.91. The largest absolute Gasteiger partial charge is 0.300 e. The highest BCUT2D eigenvalue weighted by Gasteiger charge is 2.25. The Kier molecular flexibility index (Phi) is 4.05. The van der Waals surface area contributed by atoms with Gasteiger partial charge in [0.1, 0.15) is 5.78 Å². The summed E-state index contributed by atoms with van der Waals surface area (Å²) in [7, 11) is 0. The molecule has 1 fully saturated rings. The summed E-state index contributed by atoms with van der Waals surface area (Å²) >= 11 is 0. The Balaban J connectivity index is 2.50. The van der Waals surface area contributed by atoms with Crippen molar-refractivity contribution in [2.75, 3.05) is 0 Å². The van der Waals surface area contributed by atoms with Crippen LogP contribution in [0, 0.1) is 11.8 Å². The Bertz CT molecular complexity index is 253. The highest BCUT2D eigenvalue weighted by atomic mass is 16.1. The fourth-order valence-electron chi connectivity index (χ4n) is 2.20. The van der Waals surface area contributed by atoms with Crippen molar-refractivity contribution in [3.63, 3.8) is 0 Å². The topological polar surface area (TPSA) is 34.1 Å². The number of ketones is 2. The van der Waals surface area contributed by atoms with E-state index >= 15 is 0 Å². The molecule has 0 aromatic heterocycles. The second kappa shape index (κ2) is 5.08. The summed E-state index contributed by atoms with van der Waals surface area (Å²) in [5.41, 5.74) is 0. The van der Waals surface area contributed by atoms with Crippen molar-refractivity contribution in [1.29, 1.82) is 0 Å². The zero-order chi connectivity index (χ0) is 10.6. The lowest BCUT2D eigenvalue weighted by Crippen LogP contribution is -2.09. The van der Waals surface area contributed by atoms with Gasteiger partial charge in [0.15, 0.2) is 5.78 Å². The maximum absolute atomic E-state index is 11.0. The van der Waals surface area contributed by atoms with Gasteiger partial charge in [-0.3, -0.25) is 4.79 Å². The van der Waals surface area contributed by atoms with E-state index < -0.39 is 0 Å². The smallest absolute Gasteiger partial charge is 0.152 e. The van der Waals surface area contributed by atoms with Gasteiger partial charge >= 0.3 is 0 Å². The second-order valence-corrected chi connectivity index (χ2v) is 4.23. The van der Waals surface area contributed by atoms with Crippen LogP contribution in [0.1, 0.15) is 39.5 Å². The highest BCUT2D eigenvalue weighted by Crippen LogP contribution is 2.35. The van der Waals surface area contributed by atoms with Crippen LogP contribution in [0.5, 0.6) is 0 Å². The van der Waals surface area contributed by atoms with E-state index in [1.54, 1.807) is 19.9 Å². The maximum atomic E-state index is 11.0. The van der Waals surface area contributed by atoms with Crippen LogP contribution in [0.25, 0.3) is 0 Å². The van der Waals surface area contributed by atoms with Gasteiger partial charge < -0.3 is 4.79 Å². The van der Waals surface area contributed by atoms with E-state index in [-0.39, 0.29) is 11.6 Å². The average Bonchev–Trinajstić information content (AvgIpc) is 2.47. The monoisotopic (exact) mass is 194 g/mol. The number of carbonyl (C=O) groups is 2. The molecule has 0 N–H and O–H groups in total. The number of hydrogen-bond donors (Lipinski definition) is 0. The van der Waals surface area contributed by atoms with Crippen LogP contribution in [0.2, 0.25) is 0 Å². The van der Waals surface area contributed by atoms with E-state index in [4.69, 9.17) is 0 Å². The minimum Gasteiger partial charge on any atom is -0.300 e. The Morgan fingerprint density at radius 2 is 2.00 bits per heavy atom. The molecule has 1 saturated carbocycles. The Hall–Kier alpha value is -0.920. The van der Waals surface area contributed by atoms with Gasteiger partial charge in [-0.15, -0.1) is 0 Å². The number of allylic oxidation sites excluding steroid dienone is 2. The second-order valence-electron chi connectivity index (χ2n) is 4.23. The van der Waals surface area contributed by atoms with Gasteiger partial charge in [0.25, 0.3) is 0 Å². The average molecular weight is 194 g/mol. The molecule has 0 radical (unpaired) electrons. The minimum atomic E-state index is 0.0958. The SMILES string of the molecule is CC(=O)/C=C/[C@H]1CCC[C@@H]1CC(C)=O. The third kappa shape index (κ3) is 3.44. The van der Waals surface area contributed by atoms with E-state index in [0.717, 1.165) is 12.8 Å². The molecular formula is C12H18O2. The number of carbonyl (C=O) groups excluding carboxylic acids is 2. The molecule has 2 atom stereocenters. The molecule has 0 aromatic carbocycles. The Labute approximate surface area is 85.4 Å². The molecule has 2 heteroatoms. The van der Waals surface area contributed by atoms with Gasteiger partial charge in [-0.2, -0.15) is 0 Å². The highest BCUT2D eigenvalue weighted by molar-refractivity contribution is 5.87. The molecule has 0 bridgehead atoms. The van der Waals surface area contributed by atoms with Gasteiger partial charge in [0.2, 0.25) is 0 Å². The summed E-state index contributed by atoms with van der Waals surface area (Å²) in [5.74, 6) is 1.28. The molecule has 0 saturated heterocycles. The predicted molar refractivity (Wildman–Crippen MR) is 56.0 cm³/mol. The van der Waals surface area contributed by atoms with Crippen molar-refractivity contribution in [2.24, 2.45) is 11.8 Å². The minimum absolute atomic E-state index is 0.0958. The van der Waals surface area contributed by atoms with Crippen LogP contribution >= 0.6 is 0 Å². The van der Waals surface area contributed by atoms with Crippen LogP contribution in [0.3, 0.4) is 0 Å². The Morgan fingerprint density at radius 3 is 2.57 bits per heavy atom. The van der Waals surface area contributed by atoms with Crippen LogP contribution in [0.15, 0.2) is 12.2 Å². The van der Waals surface area contributed by atoms with Crippen molar-refractivity contribution < 1.29 is 9.59 Å².